The lowest BCUT2D eigenvalue weighted by Crippen LogP contribution is -2.13. The molecule has 0 radical (unpaired) electrons. The summed E-state index contributed by atoms with van der Waals surface area (Å²) in [6.07, 6.45) is 2.75. The van der Waals surface area contributed by atoms with Crippen LogP contribution in [0.3, 0.4) is 0 Å². The fraction of sp³-hybridized carbons (Fsp3) is 0.400. The molecule has 1 atom stereocenters. The van der Waals surface area contributed by atoms with E-state index < -0.39 is 0 Å². The molecule has 2 aromatic rings. The van der Waals surface area contributed by atoms with Crippen molar-refractivity contribution in [3.05, 3.63) is 36.3 Å². The quantitative estimate of drug-likeness (QED) is 0.838. The first kappa shape index (κ1) is 13.6. The first-order valence-corrected chi connectivity index (χ1v) is 6.70. The molecule has 0 aliphatic heterocycles. The average molecular weight is 259 g/mol. The summed E-state index contributed by atoms with van der Waals surface area (Å²) in [5, 5.41) is 0. The molecule has 0 fully saturated rings. The molecular weight excluding hydrogens is 238 g/mol. The summed E-state index contributed by atoms with van der Waals surface area (Å²) < 4.78 is 5.43. The normalized spacial score (nSPS) is 12.4. The van der Waals surface area contributed by atoms with E-state index in [0.717, 1.165) is 29.3 Å². The van der Waals surface area contributed by atoms with Gasteiger partial charge in [-0.25, -0.2) is 4.98 Å². The molecule has 0 saturated heterocycles. The van der Waals surface area contributed by atoms with Gasteiger partial charge < -0.3 is 15.5 Å². The van der Waals surface area contributed by atoms with Crippen LogP contribution in [0.5, 0.6) is 5.75 Å². The zero-order chi connectivity index (χ0) is 13.7. The van der Waals surface area contributed by atoms with Crippen molar-refractivity contribution >= 4 is 0 Å². The van der Waals surface area contributed by atoms with Crippen LogP contribution in [0.2, 0.25) is 0 Å². The molecule has 1 heterocycles. The number of H-pyrrole nitrogens is 1. The number of hydrogen-bond donors (Lipinski definition) is 2. The highest BCUT2D eigenvalue weighted by molar-refractivity contribution is 5.59. The fourth-order valence-corrected chi connectivity index (χ4v) is 1.92. The van der Waals surface area contributed by atoms with Crippen LogP contribution in [0.25, 0.3) is 11.3 Å². The Bertz CT molecular complexity index is 504. The average Bonchev–Trinajstić information content (AvgIpc) is 2.88. The van der Waals surface area contributed by atoms with Gasteiger partial charge in [-0.2, -0.15) is 0 Å². The summed E-state index contributed by atoms with van der Waals surface area (Å²) in [5.74, 6) is 2.32. The van der Waals surface area contributed by atoms with Gasteiger partial charge in [0.25, 0.3) is 0 Å². The van der Waals surface area contributed by atoms with Gasteiger partial charge in [0.2, 0.25) is 0 Å². The summed E-state index contributed by atoms with van der Waals surface area (Å²) in [7, 11) is 0. The van der Waals surface area contributed by atoms with Crippen molar-refractivity contribution < 1.29 is 4.74 Å². The van der Waals surface area contributed by atoms with Gasteiger partial charge in [-0.1, -0.05) is 6.92 Å². The maximum absolute atomic E-state index is 5.63. The van der Waals surface area contributed by atoms with Crippen molar-refractivity contribution in [1.82, 2.24) is 9.97 Å². The van der Waals surface area contributed by atoms with Crippen molar-refractivity contribution in [2.45, 2.75) is 20.3 Å². The molecule has 102 valence electrons. The highest BCUT2D eigenvalue weighted by Gasteiger charge is 2.07. The van der Waals surface area contributed by atoms with E-state index >= 15 is 0 Å². The molecule has 0 saturated carbocycles. The Balaban J connectivity index is 2.09. The maximum atomic E-state index is 5.63. The third kappa shape index (κ3) is 3.58. The largest absolute Gasteiger partial charge is 0.494 e. The molecule has 1 aromatic heterocycles. The predicted octanol–water partition coefficient (Wildman–Crippen LogP) is 2.61. The Labute approximate surface area is 114 Å². The minimum absolute atomic E-state index is 0.444. The van der Waals surface area contributed by atoms with Gasteiger partial charge in [-0.15, -0.1) is 0 Å². The zero-order valence-electron chi connectivity index (χ0n) is 11.5. The second-order valence-corrected chi connectivity index (χ2v) is 4.75. The van der Waals surface area contributed by atoms with Gasteiger partial charge in [-0.3, -0.25) is 0 Å². The number of nitrogens with one attached hydrogen (secondary N) is 1. The van der Waals surface area contributed by atoms with Crippen LogP contribution < -0.4 is 10.5 Å². The van der Waals surface area contributed by atoms with Gasteiger partial charge in [0.15, 0.2) is 0 Å². The molecule has 0 amide bonds. The first-order chi connectivity index (χ1) is 9.22. The number of aromatic nitrogens is 2. The van der Waals surface area contributed by atoms with Crippen molar-refractivity contribution in [2.24, 2.45) is 11.7 Å². The van der Waals surface area contributed by atoms with Crippen LogP contribution in [0, 0.1) is 5.92 Å². The smallest absolute Gasteiger partial charge is 0.119 e. The summed E-state index contributed by atoms with van der Waals surface area (Å²) in [5.41, 5.74) is 7.77. The van der Waals surface area contributed by atoms with Gasteiger partial charge in [0, 0.05) is 6.42 Å². The van der Waals surface area contributed by atoms with Crippen LogP contribution >= 0.6 is 0 Å². The Hall–Kier alpha value is -1.81. The lowest BCUT2D eigenvalue weighted by Gasteiger charge is -2.05. The molecule has 0 aliphatic carbocycles. The highest BCUT2D eigenvalue weighted by Crippen LogP contribution is 2.21. The third-order valence-corrected chi connectivity index (χ3v) is 3.05. The van der Waals surface area contributed by atoms with Crippen LogP contribution in [0.15, 0.2) is 30.5 Å². The molecule has 1 aromatic carbocycles. The minimum Gasteiger partial charge on any atom is -0.494 e. The van der Waals surface area contributed by atoms with E-state index in [4.69, 9.17) is 10.5 Å². The van der Waals surface area contributed by atoms with Crippen LogP contribution in [-0.2, 0) is 6.42 Å². The van der Waals surface area contributed by atoms with E-state index in [1.165, 1.54) is 0 Å². The molecule has 3 N–H and O–H groups in total. The SMILES string of the molecule is CCOc1ccc(-c2cnc(CC(C)CN)[nH]2)cc1. The first-order valence-electron chi connectivity index (χ1n) is 6.70. The van der Waals surface area contributed by atoms with Crippen molar-refractivity contribution in [3.8, 4) is 17.0 Å². The maximum Gasteiger partial charge on any atom is 0.119 e. The molecule has 0 bridgehead atoms. The third-order valence-electron chi connectivity index (χ3n) is 3.05. The van der Waals surface area contributed by atoms with Crippen LogP contribution in [0.1, 0.15) is 19.7 Å². The molecular formula is C15H21N3O. The van der Waals surface area contributed by atoms with Gasteiger partial charge in [0.05, 0.1) is 18.5 Å². The monoisotopic (exact) mass is 259 g/mol. The Morgan fingerprint density at radius 1 is 1.32 bits per heavy atom. The van der Waals surface area contributed by atoms with Crippen LogP contribution in [0.4, 0.5) is 0 Å². The number of imidazole rings is 1. The van der Waals surface area contributed by atoms with Crippen molar-refractivity contribution in [1.29, 1.82) is 0 Å². The van der Waals surface area contributed by atoms with E-state index in [1.807, 2.05) is 37.4 Å². The lowest BCUT2D eigenvalue weighted by molar-refractivity contribution is 0.340. The molecule has 1 unspecified atom stereocenters. The Morgan fingerprint density at radius 3 is 2.68 bits per heavy atom. The topological polar surface area (TPSA) is 63.9 Å². The summed E-state index contributed by atoms with van der Waals surface area (Å²) in [4.78, 5) is 7.74. The number of rotatable bonds is 6. The molecule has 4 heteroatoms. The number of benzene rings is 1. The number of aromatic amines is 1. The van der Waals surface area contributed by atoms with Gasteiger partial charge in [0.1, 0.15) is 11.6 Å². The summed E-state index contributed by atoms with van der Waals surface area (Å²) in [6.45, 7) is 5.47. The molecule has 2 rings (SSSR count). The summed E-state index contributed by atoms with van der Waals surface area (Å²) >= 11 is 0. The number of nitrogens with zero attached hydrogens (tertiary/aromatic N) is 1. The Morgan fingerprint density at radius 2 is 2.05 bits per heavy atom. The zero-order valence-corrected chi connectivity index (χ0v) is 11.5. The van der Waals surface area contributed by atoms with E-state index in [-0.39, 0.29) is 0 Å². The van der Waals surface area contributed by atoms with E-state index in [9.17, 15) is 0 Å². The molecule has 0 aliphatic rings. The molecule has 4 nitrogen and oxygen atoms in total. The van der Waals surface area contributed by atoms with E-state index in [1.54, 1.807) is 0 Å². The lowest BCUT2D eigenvalue weighted by atomic mass is 10.1. The summed E-state index contributed by atoms with van der Waals surface area (Å²) in [6, 6.07) is 8.02. The van der Waals surface area contributed by atoms with E-state index in [0.29, 0.717) is 19.1 Å². The van der Waals surface area contributed by atoms with Crippen molar-refractivity contribution in [2.75, 3.05) is 13.2 Å². The van der Waals surface area contributed by atoms with Crippen molar-refractivity contribution in [3.63, 3.8) is 0 Å². The number of ether oxygens (including phenoxy) is 1. The minimum atomic E-state index is 0.444. The van der Waals surface area contributed by atoms with Crippen LogP contribution in [-0.4, -0.2) is 23.1 Å². The van der Waals surface area contributed by atoms with E-state index in [2.05, 4.69) is 16.9 Å². The second-order valence-electron chi connectivity index (χ2n) is 4.75. The second kappa shape index (κ2) is 6.38. The molecule has 19 heavy (non-hydrogen) atoms. The predicted molar refractivity (Wildman–Crippen MR) is 77.1 cm³/mol. The molecule has 0 spiro atoms. The Kier molecular flexibility index (Phi) is 4.58. The fourth-order valence-electron chi connectivity index (χ4n) is 1.92. The number of nitrogens with two attached hydrogens (primary N) is 1. The standard InChI is InChI=1S/C15H21N3O/c1-3-19-13-6-4-12(5-7-13)14-10-17-15(18-14)8-11(2)9-16/h4-7,10-11H,3,8-9,16H2,1-2H3,(H,17,18). The van der Waals surface area contributed by atoms with Gasteiger partial charge >= 0.3 is 0 Å². The van der Waals surface area contributed by atoms with Gasteiger partial charge in [-0.05, 0) is 49.2 Å². The highest BCUT2D eigenvalue weighted by atomic mass is 16.5. The number of hydrogen-bond acceptors (Lipinski definition) is 3.